The van der Waals surface area contributed by atoms with Crippen LogP contribution >= 0.6 is 0 Å². The van der Waals surface area contributed by atoms with Gasteiger partial charge in [-0.15, -0.1) is 0 Å². The third-order valence-electron chi connectivity index (χ3n) is 4.54. The second-order valence-electron chi connectivity index (χ2n) is 7.29. The van der Waals surface area contributed by atoms with E-state index in [1.807, 2.05) is 6.07 Å². The van der Waals surface area contributed by atoms with E-state index in [0.717, 1.165) is 24.2 Å². The van der Waals surface area contributed by atoms with Gasteiger partial charge in [-0.1, -0.05) is 13.8 Å². The minimum Gasteiger partial charge on any atom is -0.379 e. The molecule has 3 rings (SSSR count). The predicted octanol–water partition coefficient (Wildman–Crippen LogP) is 2.85. The molecule has 0 aliphatic carbocycles. The Labute approximate surface area is 153 Å². The number of hydrogen-bond donors (Lipinski definition) is 0. The highest BCUT2D eigenvalue weighted by Gasteiger charge is 2.16. The van der Waals surface area contributed by atoms with E-state index < -0.39 is 0 Å². The fourth-order valence-corrected chi connectivity index (χ4v) is 3.13. The van der Waals surface area contributed by atoms with Gasteiger partial charge < -0.3 is 4.74 Å². The Morgan fingerprint density at radius 2 is 1.96 bits per heavy atom. The normalized spacial score (nSPS) is 15.6. The van der Waals surface area contributed by atoms with Gasteiger partial charge >= 0.3 is 0 Å². The molecule has 0 unspecified atom stereocenters. The van der Waals surface area contributed by atoms with Crippen LogP contribution < -0.4 is 5.56 Å². The largest absolute Gasteiger partial charge is 0.379 e. The molecule has 1 fully saturated rings. The third-order valence-corrected chi connectivity index (χ3v) is 4.54. The second-order valence-corrected chi connectivity index (χ2v) is 7.29. The van der Waals surface area contributed by atoms with Crippen LogP contribution in [0.1, 0.15) is 25.0 Å². The molecule has 2 aromatic rings. The van der Waals surface area contributed by atoms with Gasteiger partial charge in [-0.05, 0) is 42.7 Å². The van der Waals surface area contributed by atoms with Crippen molar-refractivity contribution in [3.63, 3.8) is 0 Å². The lowest BCUT2D eigenvalue weighted by molar-refractivity contribution is 0.0339. The molecular weight excluding hydrogens is 333 g/mol. The van der Waals surface area contributed by atoms with Crippen molar-refractivity contribution in [2.45, 2.75) is 33.9 Å². The number of benzene rings is 1. The molecule has 0 saturated carbocycles. The summed E-state index contributed by atoms with van der Waals surface area (Å²) in [6.07, 6.45) is 0. The Kier molecular flexibility index (Phi) is 5.84. The van der Waals surface area contributed by atoms with Crippen LogP contribution in [0.5, 0.6) is 0 Å². The maximum atomic E-state index is 13.6. The highest BCUT2D eigenvalue weighted by Crippen LogP contribution is 2.20. The van der Waals surface area contributed by atoms with Crippen molar-refractivity contribution < 1.29 is 9.13 Å². The zero-order valence-electron chi connectivity index (χ0n) is 15.7. The van der Waals surface area contributed by atoms with Gasteiger partial charge in [-0.3, -0.25) is 9.69 Å². The average Bonchev–Trinajstić information content (AvgIpc) is 2.61. The number of ether oxygens (including phenoxy) is 1. The monoisotopic (exact) mass is 359 g/mol. The maximum absolute atomic E-state index is 13.6. The molecule has 5 nitrogen and oxygen atoms in total. The van der Waals surface area contributed by atoms with E-state index in [-0.39, 0.29) is 11.4 Å². The van der Waals surface area contributed by atoms with Crippen LogP contribution in [0.4, 0.5) is 4.39 Å². The van der Waals surface area contributed by atoms with Crippen molar-refractivity contribution in [1.82, 2.24) is 14.7 Å². The Hall–Kier alpha value is -2.05. The lowest BCUT2D eigenvalue weighted by atomic mass is 10.1. The smallest absolute Gasteiger partial charge is 0.271 e. The van der Waals surface area contributed by atoms with E-state index in [2.05, 4.69) is 23.8 Å². The van der Waals surface area contributed by atoms with Crippen molar-refractivity contribution in [3.8, 4) is 11.3 Å². The number of aromatic nitrogens is 2. The molecule has 0 atom stereocenters. The molecule has 0 N–H and O–H groups in total. The maximum Gasteiger partial charge on any atom is 0.271 e. The molecule has 26 heavy (non-hydrogen) atoms. The van der Waals surface area contributed by atoms with Gasteiger partial charge in [0.1, 0.15) is 5.82 Å². The molecule has 1 saturated heterocycles. The topological polar surface area (TPSA) is 47.4 Å². The van der Waals surface area contributed by atoms with E-state index in [1.54, 1.807) is 23.7 Å². The molecule has 1 aromatic heterocycles. The first-order chi connectivity index (χ1) is 12.4. The van der Waals surface area contributed by atoms with Crippen molar-refractivity contribution >= 4 is 0 Å². The van der Waals surface area contributed by atoms with Crippen molar-refractivity contribution in [3.05, 3.63) is 51.6 Å². The molecular formula is C20H26FN3O2. The summed E-state index contributed by atoms with van der Waals surface area (Å²) in [7, 11) is 0. The zero-order valence-corrected chi connectivity index (χ0v) is 15.7. The molecule has 140 valence electrons. The summed E-state index contributed by atoms with van der Waals surface area (Å²) in [5.74, 6) is 0.0689. The molecule has 2 heterocycles. The Morgan fingerprint density at radius 1 is 1.23 bits per heavy atom. The van der Waals surface area contributed by atoms with Gasteiger partial charge in [0, 0.05) is 37.3 Å². The van der Waals surface area contributed by atoms with Crippen molar-refractivity contribution in [1.29, 1.82) is 0 Å². The molecule has 0 radical (unpaired) electrons. The second kappa shape index (κ2) is 8.10. The summed E-state index contributed by atoms with van der Waals surface area (Å²) in [6.45, 7) is 10.0. The zero-order chi connectivity index (χ0) is 18.7. The van der Waals surface area contributed by atoms with E-state index in [1.165, 1.54) is 6.07 Å². The standard InChI is InChI=1S/C20H26FN3O2/c1-14(2)12-24-20(25)17(13-23-6-8-26-9-7-23)11-19(22-24)16-4-5-18(21)15(3)10-16/h4-5,10-11,14H,6-9,12-13H2,1-3H3. The quantitative estimate of drug-likeness (QED) is 0.824. The van der Waals surface area contributed by atoms with Gasteiger partial charge in [0.05, 0.1) is 18.9 Å². The van der Waals surface area contributed by atoms with Crippen molar-refractivity contribution in [2.75, 3.05) is 26.3 Å². The first kappa shape index (κ1) is 18.7. The summed E-state index contributed by atoms with van der Waals surface area (Å²) in [4.78, 5) is 15.1. The van der Waals surface area contributed by atoms with E-state index in [4.69, 9.17) is 4.74 Å². The molecule has 1 aromatic carbocycles. The summed E-state index contributed by atoms with van der Waals surface area (Å²) in [6, 6.07) is 6.79. The molecule has 1 aliphatic heterocycles. The number of nitrogens with zero attached hydrogens (tertiary/aromatic N) is 3. The minimum atomic E-state index is -0.238. The summed E-state index contributed by atoms with van der Waals surface area (Å²) < 4.78 is 20.6. The summed E-state index contributed by atoms with van der Waals surface area (Å²) in [5.41, 5.74) is 2.77. The van der Waals surface area contributed by atoms with Crippen LogP contribution in [0.25, 0.3) is 11.3 Å². The van der Waals surface area contributed by atoms with Crippen LogP contribution in [-0.4, -0.2) is 41.0 Å². The fourth-order valence-electron chi connectivity index (χ4n) is 3.13. The van der Waals surface area contributed by atoms with Gasteiger partial charge in [0.15, 0.2) is 0 Å². The Bertz CT molecular complexity index is 826. The SMILES string of the molecule is Cc1cc(-c2cc(CN3CCOCC3)c(=O)n(CC(C)C)n2)ccc1F. The predicted molar refractivity (Wildman–Crippen MR) is 99.6 cm³/mol. The highest BCUT2D eigenvalue weighted by molar-refractivity contribution is 5.60. The molecule has 1 aliphatic rings. The first-order valence-electron chi connectivity index (χ1n) is 9.11. The van der Waals surface area contributed by atoms with Gasteiger partial charge in [0.25, 0.3) is 5.56 Å². The summed E-state index contributed by atoms with van der Waals surface area (Å²) >= 11 is 0. The average molecular weight is 359 g/mol. The van der Waals surface area contributed by atoms with Gasteiger partial charge in [-0.25, -0.2) is 9.07 Å². The minimum absolute atomic E-state index is 0.0484. The van der Waals surface area contributed by atoms with Crippen LogP contribution in [0.2, 0.25) is 0 Å². The number of rotatable bonds is 5. The van der Waals surface area contributed by atoms with Gasteiger partial charge in [0.2, 0.25) is 0 Å². The Balaban J connectivity index is 2.01. The van der Waals surface area contributed by atoms with Crippen LogP contribution in [0.15, 0.2) is 29.1 Å². The lowest BCUT2D eigenvalue weighted by Gasteiger charge is -2.26. The van der Waals surface area contributed by atoms with Crippen molar-refractivity contribution in [2.24, 2.45) is 5.92 Å². The van der Waals surface area contributed by atoms with E-state index in [0.29, 0.717) is 43.5 Å². The van der Waals surface area contributed by atoms with Gasteiger partial charge in [-0.2, -0.15) is 5.10 Å². The van der Waals surface area contributed by atoms with Crippen LogP contribution in [0, 0.1) is 18.7 Å². The molecule has 0 amide bonds. The fraction of sp³-hybridized carbons (Fsp3) is 0.500. The molecule has 6 heteroatoms. The van der Waals surface area contributed by atoms with Crippen LogP contribution in [0.3, 0.4) is 0 Å². The summed E-state index contributed by atoms with van der Waals surface area (Å²) in [5, 5.41) is 4.55. The lowest BCUT2D eigenvalue weighted by Crippen LogP contribution is -2.38. The first-order valence-corrected chi connectivity index (χ1v) is 9.11. The third kappa shape index (κ3) is 4.37. The molecule has 0 spiro atoms. The highest BCUT2D eigenvalue weighted by atomic mass is 19.1. The Morgan fingerprint density at radius 3 is 2.62 bits per heavy atom. The number of hydrogen-bond acceptors (Lipinski definition) is 4. The molecule has 0 bridgehead atoms. The van der Waals surface area contributed by atoms with E-state index >= 15 is 0 Å². The number of morpholine rings is 1. The van der Waals surface area contributed by atoms with E-state index in [9.17, 15) is 9.18 Å². The van der Waals surface area contributed by atoms with Crippen LogP contribution in [-0.2, 0) is 17.8 Å². The number of halogens is 1. The number of aryl methyl sites for hydroxylation is 1.